The van der Waals surface area contributed by atoms with Gasteiger partial charge in [0.1, 0.15) is 11.2 Å². The molecule has 0 saturated carbocycles. The lowest BCUT2D eigenvalue weighted by Crippen LogP contribution is -2.44. The molecule has 0 radical (unpaired) electrons. The van der Waals surface area contributed by atoms with Gasteiger partial charge in [0.2, 0.25) is 5.91 Å². The molecule has 0 aliphatic carbocycles. The first-order valence-electron chi connectivity index (χ1n) is 3.81. The summed E-state index contributed by atoms with van der Waals surface area (Å²) in [5.41, 5.74) is 5.16. The van der Waals surface area contributed by atoms with Crippen molar-refractivity contribution in [3.8, 4) is 0 Å². The minimum Gasteiger partial charge on any atom is -0.368 e. The Morgan fingerprint density at radius 3 is 2.92 bits per heavy atom. The number of likely N-dealkylation sites (tertiary alicyclic amines) is 1. The molecule has 5 heteroatoms. The van der Waals surface area contributed by atoms with Crippen molar-refractivity contribution < 1.29 is 9.59 Å². The number of carbonyl (C=O) groups is 2. The first-order chi connectivity index (χ1) is 5.66. The highest BCUT2D eigenvalue weighted by Gasteiger charge is 2.32. The summed E-state index contributed by atoms with van der Waals surface area (Å²) in [7, 11) is 0. The molecule has 1 aliphatic rings. The van der Waals surface area contributed by atoms with E-state index in [0.717, 1.165) is 25.7 Å². The Labute approximate surface area is 79.2 Å². The predicted molar refractivity (Wildman–Crippen MR) is 47.7 cm³/mol. The largest absolute Gasteiger partial charge is 0.368 e. The van der Waals surface area contributed by atoms with Crippen LogP contribution in [0.1, 0.15) is 12.8 Å². The highest BCUT2D eigenvalue weighted by Crippen LogP contribution is 2.21. The zero-order chi connectivity index (χ0) is 9.14. The lowest BCUT2D eigenvalue weighted by molar-refractivity contribution is -0.123. The van der Waals surface area contributed by atoms with Gasteiger partial charge in [-0.25, -0.2) is 0 Å². The van der Waals surface area contributed by atoms with Gasteiger partial charge in [-0.3, -0.25) is 9.69 Å². The van der Waals surface area contributed by atoms with Crippen molar-refractivity contribution in [2.45, 2.75) is 23.8 Å². The number of alkyl halides is 1. The van der Waals surface area contributed by atoms with Gasteiger partial charge < -0.3 is 10.5 Å². The monoisotopic (exact) mass is 234 g/mol. The maximum atomic E-state index is 10.9. The van der Waals surface area contributed by atoms with Gasteiger partial charge in [0, 0.05) is 6.54 Å². The summed E-state index contributed by atoms with van der Waals surface area (Å²) in [5.74, 6) is -0.348. The third-order valence-corrected chi connectivity index (χ3v) is 2.79. The van der Waals surface area contributed by atoms with E-state index >= 15 is 0 Å². The molecule has 1 aliphatic heterocycles. The number of carbonyl (C=O) groups excluding carboxylic acids is 2. The van der Waals surface area contributed by atoms with E-state index in [-0.39, 0.29) is 16.9 Å². The van der Waals surface area contributed by atoms with Gasteiger partial charge >= 0.3 is 0 Å². The molecule has 1 heterocycles. The number of rotatable bonds is 3. The second kappa shape index (κ2) is 4.00. The minimum atomic E-state index is -0.377. The zero-order valence-corrected chi connectivity index (χ0v) is 8.16. The summed E-state index contributed by atoms with van der Waals surface area (Å²) in [6.45, 7) is 0.752. The Kier molecular flexibility index (Phi) is 3.22. The number of primary amides is 1. The van der Waals surface area contributed by atoms with Gasteiger partial charge in [-0.05, 0) is 12.8 Å². The molecule has 0 aromatic carbocycles. The molecule has 2 atom stereocenters. The average molecular weight is 235 g/mol. The number of amides is 1. The smallest absolute Gasteiger partial charge is 0.234 e. The summed E-state index contributed by atoms with van der Waals surface area (Å²) < 4.78 is 0. The van der Waals surface area contributed by atoms with Crippen LogP contribution < -0.4 is 5.73 Å². The molecule has 12 heavy (non-hydrogen) atoms. The molecule has 1 unspecified atom stereocenters. The standard InChI is InChI=1S/C7H11BrN2O2/c8-6(4-11)10-3-1-2-5(10)7(9)12/h4-6H,1-3H2,(H2,9,12)/t5-,6?/m0/s1. The molecule has 1 fully saturated rings. The SMILES string of the molecule is NC(=O)[C@@H]1CCCN1C(Br)C=O. The number of nitrogens with two attached hydrogens (primary N) is 1. The van der Waals surface area contributed by atoms with E-state index in [1.54, 1.807) is 4.90 Å². The molecule has 0 aromatic heterocycles. The van der Waals surface area contributed by atoms with Crippen molar-refractivity contribution in [1.29, 1.82) is 0 Å². The van der Waals surface area contributed by atoms with Crippen molar-refractivity contribution in [1.82, 2.24) is 4.90 Å². The van der Waals surface area contributed by atoms with Crippen LogP contribution in [0.3, 0.4) is 0 Å². The lowest BCUT2D eigenvalue weighted by atomic mass is 10.2. The van der Waals surface area contributed by atoms with Crippen LogP contribution in [0.2, 0.25) is 0 Å². The van der Waals surface area contributed by atoms with Crippen LogP contribution in [0.5, 0.6) is 0 Å². The molecular weight excluding hydrogens is 224 g/mol. The molecule has 0 aromatic rings. The summed E-state index contributed by atoms with van der Waals surface area (Å²) >= 11 is 3.16. The highest BCUT2D eigenvalue weighted by molar-refractivity contribution is 9.09. The van der Waals surface area contributed by atoms with Crippen LogP contribution in [0.25, 0.3) is 0 Å². The molecule has 2 N–H and O–H groups in total. The minimum absolute atomic E-state index is 0.278. The quantitative estimate of drug-likeness (QED) is 0.420. The van der Waals surface area contributed by atoms with E-state index in [1.165, 1.54) is 0 Å². The van der Waals surface area contributed by atoms with E-state index in [2.05, 4.69) is 15.9 Å². The Morgan fingerprint density at radius 1 is 1.75 bits per heavy atom. The third kappa shape index (κ3) is 1.84. The van der Waals surface area contributed by atoms with E-state index in [0.29, 0.717) is 0 Å². The first kappa shape index (κ1) is 9.67. The van der Waals surface area contributed by atoms with Crippen LogP contribution >= 0.6 is 15.9 Å². The molecule has 0 bridgehead atoms. The van der Waals surface area contributed by atoms with Gasteiger partial charge in [0.25, 0.3) is 0 Å². The fourth-order valence-electron chi connectivity index (χ4n) is 1.47. The maximum absolute atomic E-state index is 10.9. The molecule has 4 nitrogen and oxygen atoms in total. The van der Waals surface area contributed by atoms with E-state index in [9.17, 15) is 9.59 Å². The second-order valence-electron chi connectivity index (χ2n) is 2.81. The maximum Gasteiger partial charge on any atom is 0.234 e. The van der Waals surface area contributed by atoms with Crippen molar-refractivity contribution >= 4 is 28.1 Å². The molecule has 1 amide bonds. The zero-order valence-electron chi connectivity index (χ0n) is 6.57. The van der Waals surface area contributed by atoms with Crippen LogP contribution in [0.15, 0.2) is 0 Å². The van der Waals surface area contributed by atoms with E-state index in [1.807, 2.05) is 0 Å². The van der Waals surface area contributed by atoms with Crippen LogP contribution in [-0.4, -0.2) is 34.6 Å². The molecule has 1 saturated heterocycles. The fraction of sp³-hybridized carbons (Fsp3) is 0.714. The van der Waals surface area contributed by atoms with Crippen LogP contribution in [-0.2, 0) is 9.59 Å². The van der Waals surface area contributed by atoms with Gasteiger partial charge in [-0.1, -0.05) is 15.9 Å². The van der Waals surface area contributed by atoms with E-state index in [4.69, 9.17) is 5.73 Å². The number of halogens is 1. The van der Waals surface area contributed by atoms with Crippen molar-refractivity contribution in [2.75, 3.05) is 6.54 Å². The first-order valence-corrected chi connectivity index (χ1v) is 4.73. The Morgan fingerprint density at radius 2 is 2.42 bits per heavy atom. The summed E-state index contributed by atoms with van der Waals surface area (Å²) in [5, 5.41) is 0. The van der Waals surface area contributed by atoms with Crippen molar-refractivity contribution in [2.24, 2.45) is 5.73 Å². The third-order valence-electron chi connectivity index (χ3n) is 2.05. The Bertz CT molecular complexity index is 198. The van der Waals surface area contributed by atoms with Gasteiger partial charge in [0.05, 0.1) is 6.04 Å². The topological polar surface area (TPSA) is 63.4 Å². The molecule has 0 spiro atoms. The highest BCUT2D eigenvalue weighted by atomic mass is 79.9. The van der Waals surface area contributed by atoms with Crippen LogP contribution in [0, 0.1) is 0 Å². The summed E-state index contributed by atoms with van der Waals surface area (Å²) in [6, 6.07) is -0.278. The Hall–Kier alpha value is -0.420. The van der Waals surface area contributed by atoms with Gasteiger partial charge in [0.15, 0.2) is 0 Å². The number of aldehydes is 1. The molecular formula is C7H11BrN2O2. The predicted octanol–water partition coefficient (Wildman–Crippen LogP) is -0.144. The average Bonchev–Trinajstić information content (AvgIpc) is 2.50. The fourth-order valence-corrected chi connectivity index (χ4v) is 1.96. The van der Waals surface area contributed by atoms with Gasteiger partial charge in [-0.15, -0.1) is 0 Å². The number of hydrogen-bond acceptors (Lipinski definition) is 3. The second-order valence-corrected chi connectivity index (χ2v) is 3.75. The summed E-state index contributed by atoms with van der Waals surface area (Å²) in [6.07, 6.45) is 2.44. The lowest BCUT2D eigenvalue weighted by Gasteiger charge is -2.23. The normalized spacial score (nSPS) is 26.9. The molecule has 68 valence electrons. The Balaban J connectivity index is 2.63. The van der Waals surface area contributed by atoms with Crippen molar-refractivity contribution in [3.63, 3.8) is 0 Å². The van der Waals surface area contributed by atoms with Crippen LogP contribution in [0.4, 0.5) is 0 Å². The van der Waals surface area contributed by atoms with E-state index < -0.39 is 0 Å². The summed E-state index contributed by atoms with van der Waals surface area (Å²) in [4.78, 5) is 22.7. The molecule has 1 rings (SSSR count). The van der Waals surface area contributed by atoms with Crippen molar-refractivity contribution in [3.05, 3.63) is 0 Å². The van der Waals surface area contributed by atoms with Gasteiger partial charge in [-0.2, -0.15) is 0 Å². The number of nitrogens with zero attached hydrogens (tertiary/aromatic N) is 1. The number of hydrogen-bond donors (Lipinski definition) is 1.